The number of anilines is 1. The van der Waals surface area contributed by atoms with Gasteiger partial charge in [-0.3, -0.25) is 4.79 Å². The lowest BCUT2D eigenvalue weighted by Gasteiger charge is -2.07. The van der Waals surface area contributed by atoms with Gasteiger partial charge in [0, 0.05) is 11.3 Å². The molecule has 4 rings (SSSR count). The first-order valence-corrected chi connectivity index (χ1v) is 11.6. The highest BCUT2D eigenvalue weighted by Gasteiger charge is 2.11. The van der Waals surface area contributed by atoms with Crippen molar-refractivity contribution in [1.29, 1.82) is 0 Å². The minimum Gasteiger partial charge on any atom is -0.321 e. The Morgan fingerprint density at radius 2 is 1.73 bits per heavy atom. The van der Waals surface area contributed by atoms with Crippen LogP contribution in [-0.4, -0.2) is 15.7 Å². The predicted octanol–water partition coefficient (Wildman–Crippen LogP) is 6.86. The number of para-hydroxylation sites is 1. The quantitative estimate of drug-likeness (QED) is 0.247. The van der Waals surface area contributed by atoms with Crippen molar-refractivity contribution < 1.29 is 4.79 Å². The van der Waals surface area contributed by atoms with Gasteiger partial charge in [0.05, 0.1) is 16.4 Å². The molecule has 0 spiro atoms. The standard InChI is InChI=1S/C22H16ClN3OS3/c23-18-8-4-5-9-19(18)24-20(27)16-10-12-17(13-11-16)26-22(28)30-21(25-26)29-14-15-6-2-1-3-7-15/h1-13H,14H2,(H,24,27). The van der Waals surface area contributed by atoms with E-state index in [4.69, 9.17) is 23.8 Å². The molecule has 0 atom stereocenters. The molecule has 4 aromatic rings. The van der Waals surface area contributed by atoms with Gasteiger partial charge < -0.3 is 5.32 Å². The summed E-state index contributed by atoms with van der Waals surface area (Å²) in [5, 5.41) is 7.94. The minimum absolute atomic E-state index is 0.226. The van der Waals surface area contributed by atoms with Gasteiger partial charge in [0.1, 0.15) is 0 Å². The molecule has 0 aliphatic rings. The number of halogens is 1. The first-order chi connectivity index (χ1) is 14.6. The van der Waals surface area contributed by atoms with Crippen LogP contribution in [0.2, 0.25) is 5.02 Å². The first-order valence-electron chi connectivity index (χ1n) is 9.03. The zero-order valence-electron chi connectivity index (χ0n) is 15.6. The van der Waals surface area contributed by atoms with Crippen LogP contribution in [0.5, 0.6) is 0 Å². The van der Waals surface area contributed by atoms with Crippen LogP contribution >= 0.6 is 46.9 Å². The van der Waals surface area contributed by atoms with Crippen LogP contribution in [0, 0.1) is 3.95 Å². The third-order valence-corrected chi connectivity index (χ3v) is 7.00. The molecule has 4 nitrogen and oxygen atoms in total. The minimum atomic E-state index is -0.226. The number of aromatic nitrogens is 2. The summed E-state index contributed by atoms with van der Waals surface area (Å²) in [5.41, 5.74) is 3.16. The molecule has 8 heteroatoms. The average Bonchev–Trinajstić information content (AvgIpc) is 3.15. The number of carbonyl (C=O) groups is 1. The van der Waals surface area contributed by atoms with Crippen molar-refractivity contribution in [3.05, 3.63) is 99.0 Å². The second kappa shape index (κ2) is 9.57. The van der Waals surface area contributed by atoms with E-state index < -0.39 is 0 Å². The van der Waals surface area contributed by atoms with Gasteiger partial charge in [-0.2, -0.15) is 0 Å². The van der Waals surface area contributed by atoms with Gasteiger partial charge in [-0.25, -0.2) is 4.68 Å². The smallest absolute Gasteiger partial charge is 0.255 e. The number of amides is 1. The summed E-state index contributed by atoms with van der Waals surface area (Å²) in [6.07, 6.45) is 0. The van der Waals surface area contributed by atoms with Gasteiger partial charge in [0.25, 0.3) is 5.91 Å². The molecule has 0 aliphatic heterocycles. The molecule has 0 saturated heterocycles. The molecule has 1 N–H and O–H groups in total. The second-order valence-corrected chi connectivity index (χ2v) is 9.55. The van der Waals surface area contributed by atoms with E-state index in [0.29, 0.717) is 20.2 Å². The third-order valence-electron chi connectivity index (χ3n) is 4.23. The monoisotopic (exact) mass is 469 g/mol. The van der Waals surface area contributed by atoms with Gasteiger partial charge in [-0.15, -0.1) is 5.10 Å². The fraction of sp³-hybridized carbons (Fsp3) is 0.0455. The number of thioether (sulfide) groups is 1. The van der Waals surface area contributed by atoms with Crippen molar-refractivity contribution in [1.82, 2.24) is 9.78 Å². The molecule has 0 bridgehead atoms. The van der Waals surface area contributed by atoms with E-state index in [1.165, 1.54) is 16.9 Å². The van der Waals surface area contributed by atoms with Crippen LogP contribution < -0.4 is 5.32 Å². The van der Waals surface area contributed by atoms with E-state index in [0.717, 1.165) is 15.8 Å². The Morgan fingerprint density at radius 3 is 2.47 bits per heavy atom. The van der Waals surface area contributed by atoms with Gasteiger partial charge in [-0.1, -0.05) is 77.2 Å². The van der Waals surface area contributed by atoms with Crippen LogP contribution in [0.3, 0.4) is 0 Å². The molecule has 0 unspecified atom stereocenters. The summed E-state index contributed by atoms with van der Waals surface area (Å²) >= 11 is 14.7. The summed E-state index contributed by atoms with van der Waals surface area (Å²) < 4.78 is 3.30. The first kappa shape index (κ1) is 20.8. The van der Waals surface area contributed by atoms with E-state index in [-0.39, 0.29) is 5.91 Å². The fourth-order valence-electron chi connectivity index (χ4n) is 2.71. The highest BCUT2D eigenvalue weighted by atomic mass is 35.5. The van der Waals surface area contributed by atoms with Gasteiger partial charge in [-0.05, 0) is 54.2 Å². The third kappa shape index (κ3) is 4.99. The summed E-state index contributed by atoms with van der Waals surface area (Å²) in [4.78, 5) is 12.5. The van der Waals surface area contributed by atoms with Crippen LogP contribution in [0.15, 0.2) is 83.2 Å². The number of nitrogens with one attached hydrogen (secondary N) is 1. The molecule has 0 fully saturated rings. The van der Waals surface area contributed by atoms with E-state index in [1.54, 1.807) is 40.7 Å². The zero-order valence-corrected chi connectivity index (χ0v) is 18.8. The molecule has 0 radical (unpaired) electrons. The summed E-state index contributed by atoms with van der Waals surface area (Å²) in [6.45, 7) is 0. The fourth-order valence-corrected chi connectivity index (χ4v) is 5.21. The SMILES string of the molecule is O=C(Nc1ccccc1Cl)c1ccc(-n2nc(SCc3ccccc3)sc2=S)cc1. The van der Waals surface area contributed by atoms with Crippen LogP contribution in [0.25, 0.3) is 5.69 Å². The van der Waals surface area contributed by atoms with Crippen molar-refractivity contribution in [3.8, 4) is 5.69 Å². The Morgan fingerprint density at radius 1 is 1.03 bits per heavy atom. The van der Waals surface area contributed by atoms with Crippen molar-refractivity contribution in [2.75, 3.05) is 5.32 Å². The lowest BCUT2D eigenvalue weighted by atomic mass is 10.2. The second-order valence-electron chi connectivity index (χ2n) is 6.30. The van der Waals surface area contributed by atoms with Crippen molar-refractivity contribution >= 4 is 58.5 Å². The molecule has 1 aromatic heterocycles. The number of hydrogen-bond donors (Lipinski definition) is 1. The Bertz CT molecular complexity index is 1220. The lowest BCUT2D eigenvalue weighted by molar-refractivity contribution is 0.102. The Hall–Kier alpha value is -2.45. The molecule has 1 heterocycles. The van der Waals surface area contributed by atoms with E-state index in [2.05, 4.69) is 22.5 Å². The number of rotatable bonds is 6. The number of nitrogens with zero attached hydrogens (tertiary/aromatic N) is 2. The van der Waals surface area contributed by atoms with Gasteiger partial charge in [0.15, 0.2) is 8.29 Å². The molecule has 1 amide bonds. The number of carbonyl (C=O) groups excluding carboxylic acids is 1. The van der Waals surface area contributed by atoms with Crippen molar-refractivity contribution in [2.45, 2.75) is 10.1 Å². The summed E-state index contributed by atoms with van der Waals surface area (Å²) in [6, 6.07) is 24.6. The maximum Gasteiger partial charge on any atom is 0.255 e. The van der Waals surface area contributed by atoms with E-state index in [1.807, 2.05) is 42.5 Å². The molecule has 30 heavy (non-hydrogen) atoms. The molecule has 3 aromatic carbocycles. The Labute approximate surface area is 192 Å². The maximum atomic E-state index is 12.5. The van der Waals surface area contributed by atoms with Crippen molar-refractivity contribution in [2.24, 2.45) is 0 Å². The van der Waals surface area contributed by atoms with Gasteiger partial charge >= 0.3 is 0 Å². The highest BCUT2D eigenvalue weighted by Crippen LogP contribution is 2.27. The normalized spacial score (nSPS) is 10.7. The van der Waals surface area contributed by atoms with Crippen LogP contribution in [-0.2, 0) is 5.75 Å². The zero-order chi connectivity index (χ0) is 20.9. The molecule has 150 valence electrons. The average molecular weight is 470 g/mol. The summed E-state index contributed by atoms with van der Waals surface area (Å²) in [5.74, 6) is 0.611. The Kier molecular flexibility index (Phi) is 6.64. The summed E-state index contributed by atoms with van der Waals surface area (Å²) in [7, 11) is 0. The highest BCUT2D eigenvalue weighted by molar-refractivity contribution is 8.00. The maximum absolute atomic E-state index is 12.5. The van der Waals surface area contributed by atoms with Crippen LogP contribution in [0.4, 0.5) is 5.69 Å². The molecular formula is C22H16ClN3OS3. The van der Waals surface area contributed by atoms with Crippen molar-refractivity contribution in [3.63, 3.8) is 0 Å². The molecule has 0 saturated carbocycles. The largest absolute Gasteiger partial charge is 0.321 e. The molecule has 0 aliphatic carbocycles. The van der Waals surface area contributed by atoms with E-state index >= 15 is 0 Å². The topological polar surface area (TPSA) is 46.9 Å². The Balaban J connectivity index is 1.46. The molecular weight excluding hydrogens is 454 g/mol. The van der Waals surface area contributed by atoms with Gasteiger partial charge in [0.2, 0.25) is 0 Å². The lowest BCUT2D eigenvalue weighted by Crippen LogP contribution is -2.12. The number of benzene rings is 3. The predicted molar refractivity (Wildman–Crippen MR) is 128 cm³/mol. The number of hydrogen-bond acceptors (Lipinski definition) is 5. The van der Waals surface area contributed by atoms with E-state index in [9.17, 15) is 4.79 Å². The van der Waals surface area contributed by atoms with Crippen LogP contribution in [0.1, 0.15) is 15.9 Å².